The Morgan fingerprint density at radius 3 is 2.65 bits per heavy atom. The average Bonchev–Trinajstić information content (AvgIpc) is 3.33. The van der Waals surface area contributed by atoms with Crippen LogP contribution in [0.5, 0.6) is 0 Å². The van der Waals surface area contributed by atoms with Crippen LogP contribution in [-0.4, -0.2) is 71.8 Å². The van der Waals surface area contributed by atoms with Crippen molar-refractivity contribution in [1.29, 1.82) is 0 Å². The molecule has 1 N–H and O–H groups in total. The Bertz CT molecular complexity index is 1810. The number of anilines is 3. The Morgan fingerprint density at radius 2 is 1.88 bits per heavy atom. The van der Waals surface area contributed by atoms with Gasteiger partial charge < -0.3 is 24.4 Å². The van der Waals surface area contributed by atoms with Crippen molar-refractivity contribution >= 4 is 45.6 Å². The SMILES string of the molecule is Cc1cc(Nc2ncnc3cnc(N4CCN(C(=O)OC(C)(C)C)C[C@@H]4C)nc23)ccc1Cc1ccc2c(c1)ncn2C. The van der Waals surface area contributed by atoms with Gasteiger partial charge in [-0.05, 0) is 82.0 Å². The predicted octanol–water partition coefficient (Wildman–Crippen LogP) is 5.39. The van der Waals surface area contributed by atoms with Gasteiger partial charge in [-0.25, -0.2) is 29.7 Å². The maximum absolute atomic E-state index is 12.6. The number of hydrogen-bond acceptors (Lipinski definition) is 9. The first-order chi connectivity index (χ1) is 20.5. The van der Waals surface area contributed by atoms with E-state index >= 15 is 0 Å². The van der Waals surface area contributed by atoms with E-state index in [9.17, 15) is 4.79 Å². The smallest absolute Gasteiger partial charge is 0.410 e. The van der Waals surface area contributed by atoms with E-state index in [0.29, 0.717) is 42.4 Å². The first-order valence-corrected chi connectivity index (χ1v) is 14.5. The number of benzene rings is 2. The summed E-state index contributed by atoms with van der Waals surface area (Å²) >= 11 is 0. The van der Waals surface area contributed by atoms with Crippen LogP contribution in [0.3, 0.4) is 0 Å². The van der Waals surface area contributed by atoms with Crippen molar-refractivity contribution in [2.75, 3.05) is 29.9 Å². The number of amides is 1. The number of imidazole rings is 1. The minimum absolute atomic E-state index is 0.00772. The lowest BCUT2D eigenvalue weighted by molar-refractivity contribution is 0.0218. The summed E-state index contributed by atoms with van der Waals surface area (Å²) in [5.41, 5.74) is 7.46. The van der Waals surface area contributed by atoms with Gasteiger partial charge in [0.05, 0.1) is 23.6 Å². The van der Waals surface area contributed by atoms with Gasteiger partial charge in [0, 0.05) is 38.4 Å². The second-order valence-electron chi connectivity index (χ2n) is 12.2. The maximum Gasteiger partial charge on any atom is 0.410 e. The molecule has 0 saturated carbocycles. The lowest BCUT2D eigenvalue weighted by Crippen LogP contribution is -2.55. The topological polar surface area (TPSA) is 114 Å². The molecule has 3 aromatic heterocycles. The third kappa shape index (κ3) is 6.06. The molecule has 0 unspecified atom stereocenters. The van der Waals surface area contributed by atoms with Crippen LogP contribution in [0, 0.1) is 6.92 Å². The van der Waals surface area contributed by atoms with Gasteiger partial charge in [0.25, 0.3) is 0 Å². The lowest BCUT2D eigenvalue weighted by atomic mass is 9.99. The predicted molar refractivity (Wildman–Crippen MR) is 168 cm³/mol. The summed E-state index contributed by atoms with van der Waals surface area (Å²) in [4.78, 5) is 39.3. The van der Waals surface area contributed by atoms with E-state index in [-0.39, 0.29) is 12.1 Å². The van der Waals surface area contributed by atoms with Gasteiger partial charge in [-0.15, -0.1) is 0 Å². The zero-order valence-electron chi connectivity index (χ0n) is 25.5. The number of hydrogen-bond donors (Lipinski definition) is 1. The van der Waals surface area contributed by atoms with E-state index in [1.165, 1.54) is 23.0 Å². The largest absolute Gasteiger partial charge is 0.444 e. The second kappa shape index (κ2) is 11.1. The van der Waals surface area contributed by atoms with Crippen LogP contribution in [0.15, 0.2) is 55.2 Å². The van der Waals surface area contributed by atoms with Crippen LogP contribution in [-0.2, 0) is 18.2 Å². The first-order valence-electron chi connectivity index (χ1n) is 14.5. The number of carbonyl (C=O) groups excluding carboxylic acids is 1. The Hall–Kier alpha value is -4.80. The molecule has 11 nitrogen and oxygen atoms in total. The minimum atomic E-state index is -0.532. The molecule has 1 fully saturated rings. The molecule has 1 amide bonds. The third-order valence-electron chi connectivity index (χ3n) is 7.69. The highest BCUT2D eigenvalue weighted by atomic mass is 16.6. The number of rotatable bonds is 5. The van der Waals surface area contributed by atoms with Crippen molar-refractivity contribution in [2.45, 2.75) is 52.7 Å². The summed E-state index contributed by atoms with van der Waals surface area (Å²) in [7, 11) is 2.01. The van der Waals surface area contributed by atoms with Crippen molar-refractivity contribution in [3.63, 3.8) is 0 Å². The number of fused-ring (bicyclic) bond motifs is 2. The fourth-order valence-electron chi connectivity index (χ4n) is 5.44. The number of ether oxygens (including phenoxy) is 1. The molecule has 6 rings (SSSR count). The van der Waals surface area contributed by atoms with E-state index in [1.807, 2.05) is 38.7 Å². The molecule has 11 heteroatoms. The van der Waals surface area contributed by atoms with E-state index in [4.69, 9.17) is 9.72 Å². The van der Waals surface area contributed by atoms with Gasteiger partial charge in [-0.3, -0.25) is 0 Å². The number of nitrogens with one attached hydrogen (secondary N) is 1. The van der Waals surface area contributed by atoms with Gasteiger partial charge in [0.2, 0.25) is 5.95 Å². The van der Waals surface area contributed by atoms with Crippen molar-refractivity contribution in [3.05, 3.63) is 71.9 Å². The normalized spacial score (nSPS) is 15.7. The Labute approximate surface area is 251 Å². The van der Waals surface area contributed by atoms with Crippen LogP contribution in [0.25, 0.3) is 22.1 Å². The number of aryl methyl sites for hydroxylation is 2. The molecule has 0 bridgehead atoms. The number of aromatic nitrogens is 6. The van der Waals surface area contributed by atoms with Gasteiger partial charge in [-0.1, -0.05) is 12.1 Å². The fraction of sp³-hybridized carbons (Fsp3) is 0.375. The number of piperazine rings is 1. The fourth-order valence-corrected chi connectivity index (χ4v) is 5.44. The minimum Gasteiger partial charge on any atom is -0.444 e. The summed E-state index contributed by atoms with van der Waals surface area (Å²) in [6.07, 6.45) is 5.62. The molecule has 1 atom stereocenters. The van der Waals surface area contributed by atoms with Gasteiger partial charge >= 0.3 is 6.09 Å². The van der Waals surface area contributed by atoms with Crippen molar-refractivity contribution in [1.82, 2.24) is 34.4 Å². The molecule has 1 aliphatic rings. The van der Waals surface area contributed by atoms with Crippen LogP contribution in [0.1, 0.15) is 44.4 Å². The highest BCUT2D eigenvalue weighted by molar-refractivity contribution is 5.87. The quantitative estimate of drug-likeness (QED) is 0.292. The van der Waals surface area contributed by atoms with Crippen LogP contribution >= 0.6 is 0 Å². The van der Waals surface area contributed by atoms with Gasteiger partial charge in [0.1, 0.15) is 23.0 Å². The van der Waals surface area contributed by atoms with Gasteiger partial charge in [0.15, 0.2) is 5.82 Å². The van der Waals surface area contributed by atoms with E-state index < -0.39 is 5.60 Å². The average molecular weight is 580 g/mol. The molecule has 1 saturated heterocycles. The Morgan fingerprint density at radius 1 is 1.05 bits per heavy atom. The molecule has 0 aliphatic carbocycles. The molecule has 1 aliphatic heterocycles. The second-order valence-corrected chi connectivity index (χ2v) is 12.2. The summed E-state index contributed by atoms with van der Waals surface area (Å²) < 4.78 is 7.60. The monoisotopic (exact) mass is 579 g/mol. The molecule has 0 spiro atoms. The van der Waals surface area contributed by atoms with E-state index in [0.717, 1.165) is 23.1 Å². The third-order valence-corrected chi connectivity index (χ3v) is 7.69. The van der Waals surface area contributed by atoms with Crippen molar-refractivity contribution in [2.24, 2.45) is 7.05 Å². The summed E-state index contributed by atoms with van der Waals surface area (Å²) in [5.74, 6) is 1.19. The first kappa shape index (κ1) is 28.3. The van der Waals surface area contributed by atoms with Crippen LogP contribution in [0.2, 0.25) is 0 Å². The highest BCUT2D eigenvalue weighted by Crippen LogP contribution is 2.27. The molecule has 0 radical (unpaired) electrons. The zero-order chi connectivity index (χ0) is 30.3. The summed E-state index contributed by atoms with van der Waals surface area (Å²) in [6, 6.07) is 12.8. The molecular weight excluding hydrogens is 542 g/mol. The van der Waals surface area contributed by atoms with Crippen molar-refractivity contribution < 1.29 is 9.53 Å². The molecule has 222 valence electrons. The van der Waals surface area contributed by atoms with Gasteiger partial charge in [-0.2, -0.15) is 0 Å². The Kier molecular flexibility index (Phi) is 7.33. The van der Waals surface area contributed by atoms with E-state index in [1.54, 1.807) is 11.1 Å². The number of carbonyl (C=O) groups is 1. The molecule has 2 aromatic carbocycles. The zero-order valence-corrected chi connectivity index (χ0v) is 25.5. The van der Waals surface area contributed by atoms with E-state index in [2.05, 4.69) is 80.4 Å². The molecule has 5 aromatic rings. The standard InChI is InChI=1S/C32H37N9O2/c1-20-13-24(9-8-23(20)14-22-7-10-27-25(15-22)36-19-39(27)6)37-29-28-26(34-18-35-29)16-33-30(38-28)41-12-11-40(17-21(41)2)31(42)43-32(3,4)5/h7-10,13,15-16,18-19,21H,11-12,14,17H2,1-6H3,(H,34,35,37)/t21-/m0/s1. The van der Waals surface area contributed by atoms with Crippen LogP contribution in [0.4, 0.5) is 22.2 Å². The maximum atomic E-state index is 12.6. The van der Waals surface area contributed by atoms with Crippen molar-refractivity contribution in [3.8, 4) is 0 Å². The number of nitrogens with zero attached hydrogens (tertiary/aromatic N) is 8. The lowest BCUT2D eigenvalue weighted by Gasteiger charge is -2.40. The summed E-state index contributed by atoms with van der Waals surface area (Å²) in [5, 5.41) is 3.45. The molecule has 43 heavy (non-hydrogen) atoms. The summed E-state index contributed by atoms with van der Waals surface area (Å²) in [6.45, 7) is 11.5. The Balaban J connectivity index is 1.19. The highest BCUT2D eigenvalue weighted by Gasteiger charge is 2.31. The molecule has 4 heterocycles. The van der Waals surface area contributed by atoms with Crippen LogP contribution < -0.4 is 10.2 Å². The molecular formula is C32H37N9O2.